The SMILES string of the molecule is CC(C)(C)OC(=O)N1CCN(CC(=O)NCCNC(=O)c2ccc3c(c2)C(=O)OC32c3ccc(O)cc3Oc3cc(O)ccc32)CCN(C(=O)OC(C)(C)C)CCN(C(=O)OC(C)(C)C)CC1. The molecule has 19 heteroatoms. The number of phenolic OH excluding ortho intramolecular Hbond substituents is 2. The number of ether oxygens (including phenoxy) is 5. The molecule has 362 valence electrons. The zero-order valence-corrected chi connectivity index (χ0v) is 39.6. The minimum absolute atomic E-state index is 0.0358. The molecule has 0 saturated carbocycles. The van der Waals surface area contributed by atoms with Gasteiger partial charge in [-0.1, -0.05) is 6.07 Å². The average Bonchev–Trinajstić information content (AvgIpc) is 3.49. The molecule has 4 N–H and O–H groups in total. The van der Waals surface area contributed by atoms with E-state index in [-0.39, 0.29) is 112 Å². The highest BCUT2D eigenvalue weighted by Crippen LogP contribution is 2.57. The van der Waals surface area contributed by atoms with Crippen LogP contribution in [0.5, 0.6) is 23.0 Å². The van der Waals surface area contributed by atoms with Crippen molar-refractivity contribution in [2.24, 2.45) is 0 Å². The van der Waals surface area contributed by atoms with Crippen molar-refractivity contribution in [1.29, 1.82) is 0 Å². The Morgan fingerprint density at radius 1 is 0.597 bits per heavy atom. The Morgan fingerprint density at radius 2 is 1.01 bits per heavy atom. The molecular weight excluding hydrogens is 869 g/mol. The van der Waals surface area contributed by atoms with E-state index >= 15 is 0 Å². The van der Waals surface area contributed by atoms with Crippen LogP contribution in [0.2, 0.25) is 0 Å². The molecule has 0 unspecified atom stereocenters. The van der Waals surface area contributed by atoms with E-state index in [0.717, 1.165) is 0 Å². The molecule has 6 rings (SSSR count). The minimum Gasteiger partial charge on any atom is -0.508 e. The van der Waals surface area contributed by atoms with E-state index in [2.05, 4.69) is 10.6 Å². The molecule has 19 nitrogen and oxygen atoms in total. The quantitative estimate of drug-likeness (QED) is 0.135. The lowest BCUT2D eigenvalue weighted by atomic mass is 9.77. The third-order valence-electron chi connectivity index (χ3n) is 10.7. The zero-order chi connectivity index (χ0) is 49.1. The Kier molecular flexibility index (Phi) is 14.5. The largest absolute Gasteiger partial charge is 0.508 e. The van der Waals surface area contributed by atoms with Crippen LogP contribution in [0.1, 0.15) is 99.7 Å². The standard InChI is InChI=1S/C48H62N6O13/c1-45(2,3)65-42(60)52-20-18-51(19-21-53(43(61)66-46(4,5)6)23-25-54(24-22-52)44(62)67-47(7,8)9)29-39(57)49-16-17-50-40(58)30-10-13-34-33(26-30)41(59)64-48(34)35-14-11-31(55)27-37(35)63-38-28-32(56)12-15-36(38)48/h10-15,26-28,55-56H,16-25,29H2,1-9H3,(H,49,57)(H,50,58). The molecule has 5 amide bonds. The van der Waals surface area contributed by atoms with Crippen LogP contribution in [-0.4, -0.2) is 155 Å². The second-order valence-corrected chi connectivity index (χ2v) is 19.6. The molecule has 3 heterocycles. The van der Waals surface area contributed by atoms with Gasteiger partial charge in [0.05, 0.1) is 12.1 Å². The van der Waals surface area contributed by atoms with E-state index in [0.29, 0.717) is 16.7 Å². The number of carbonyl (C=O) groups excluding carboxylic acids is 6. The van der Waals surface area contributed by atoms with Gasteiger partial charge in [0.2, 0.25) is 5.91 Å². The Balaban J connectivity index is 1.12. The molecule has 0 atom stereocenters. The van der Waals surface area contributed by atoms with Crippen LogP contribution in [0.25, 0.3) is 0 Å². The van der Waals surface area contributed by atoms with Crippen LogP contribution < -0.4 is 15.4 Å². The first-order valence-electron chi connectivity index (χ1n) is 22.3. The molecule has 0 bridgehead atoms. The Bertz CT molecular complexity index is 2290. The van der Waals surface area contributed by atoms with Gasteiger partial charge in [0.1, 0.15) is 39.8 Å². The van der Waals surface area contributed by atoms with Crippen molar-refractivity contribution >= 4 is 36.1 Å². The summed E-state index contributed by atoms with van der Waals surface area (Å²) >= 11 is 0. The van der Waals surface area contributed by atoms with Crippen LogP contribution >= 0.6 is 0 Å². The van der Waals surface area contributed by atoms with E-state index in [1.165, 1.54) is 45.0 Å². The fourth-order valence-electron chi connectivity index (χ4n) is 7.73. The molecule has 67 heavy (non-hydrogen) atoms. The zero-order valence-electron chi connectivity index (χ0n) is 39.6. The van der Waals surface area contributed by atoms with E-state index in [1.54, 1.807) is 91.5 Å². The van der Waals surface area contributed by atoms with Gasteiger partial charge in [0, 0.05) is 99.8 Å². The summed E-state index contributed by atoms with van der Waals surface area (Å²) in [5.74, 6) is -1.28. The first kappa shape index (κ1) is 49.7. The third kappa shape index (κ3) is 12.4. The average molecular weight is 931 g/mol. The molecule has 0 aliphatic carbocycles. The molecule has 1 saturated heterocycles. The number of phenols is 2. The fraction of sp³-hybridized carbons (Fsp3) is 0.500. The summed E-state index contributed by atoms with van der Waals surface area (Å²) in [6, 6.07) is 13.5. The predicted molar refractivity (Wildman–Crippen MR) is 243 cm³/mol. The van der Waals surface area contributed by atoms with Crippen molar-refractivity contribution in [2.45, 2.75) is 84.7 Å². The first-order chi connectivity index (χ1) is 31.3. The number of hydrogen-bond acceptors (Lipinski definition) is 14. The van der Waals surface area contributed by atoms with Crippen molar-refractivity contribution in [1.82, 2.24) is 30.2 Å². The maximum atomic E-state index is 13.6. The second kappa shape index (κ2) is 19.6. The Morgan fingerprint density at radius 3 is 1.46 bits per heavy atom. The maximum Gasteiger partial charge on any atom is 0.410 e. The molecule has 0 aromatic heterocycles. The normalized spacial score (nSPS) is 16.5. The number of carbonyl (C=O) groups is 6. The predicted octanol–water partition coefficient (Wildman–Crippen LogP) is 5.54. The smallest absolute Gasteiger partial charge is 0.410 e. The van der Waals surface area contributed by atoms with Crippen LogP contribution in [0.4, 0.5) is 14.4 Å². The van der Waals surface area contributed by atoms with Gasteiger partial charge >= 0.3 is 24.2 Å². The third-order valence-corrected chi connectivity index (χ3v) is 10.7. The van der Waals surface area contributed by atoms with E-state index in [9.17, 15) is 39.0 Å². The fourth-order valence-corrected chi connectivity index (χ4v) is 7.73. The lowest BCUT2D eigenvalue weighted by molar-refractivity contribution is -0.122. The van der Waals surface area contributed by atoms with Crippen LogP contribution in [0.15, 0.2) is 54.6 Å². The molecule has 0 radical (unpaired) electrons. The Labute approximate surface area is 390 Å². The summed E-state index contributed by atoms with van der Waals surface area (Å²) < 4.78 is 29.2. The summed E-state index contributed by atoms with van der Waals surface area (Å²) in [5, 5.41) is 26.0. The number of aromatic hydroxyl groups is 2. The van der Waals surface area contributed by atoms with Gasteiger partial charge in [-0.2, -0.15) is 0 Å². The summed E-state index contributed by atoms with van der Waals surface area (Å²) in [6.45, 7) is 16.7. The van der Waals surface area contributed by atoms with E-state index < -0.39 is 52.6 Å². The second-order valence-electron chi connectivity index (χ2n) is 19.6. The van der Waals surface area contributed by atoms with Gasteiger partial charge in [-0.15, -0.1) is 0 Å². The first-order valence-corrected chi connectivity index (χ1v) is 22.3. The van der Waals surface area contributed by atoms with E-state index in [4.69, 9.17) is 23.7 Å². The summed E-state index contributed by atoms with van der Waals surface area (Å²) in [5.41, 5.74) is -2.22. The van der Waals surface area contributed by atoms with Gasteiger partial charge < -0.3 is 59.2 Å². The highest BCUT2D eigenvalue weighted by Gasteiger charge is 2.54. The van der Waals surface area contributed by atoms with Gasteiger partial charge in [0.15, 0.2) is 5.60 Å². The van der Waals surface area contributed by atoms with E-state index in [1.807, 2.05) is 0 Å². The monoisotopic (exact) mass is 930 g/mol. The molecule has 3 aromatic rings. The lowest BCUT2D eigenvalue weighted by Crippen LogP contribution is -2.52. The Hall–Kier alpha value is -6.76. The van der Waals surface area contributed by atoms with Gasteiger partial charge in [-0.05, 0) is 98.7 Å². The number of esters is 1. The number of hydrogen-bond donors (Lipinski definition) is 4. The molecule has 1 spiro atoms. The number of nitrogens with one attached hydrogen (secondary N) is 2. The highest BCUT2D eigenvalue weighted by molar-refractivity contribution is 6.01. The van der Waals surface area contributed by atoms with Gasteiger partial charge in [0.25, 0.3) is 5.91 Å². The minimum atomic E-state index is -1.48. The van der Waals surface area contributed by atoms with Crippen molar-refractivity contribution < 1.29 is 62.7 Å². The number of rotatable bonds is 6. The summed E-state index contributed by atoms with van der Waals surface area (Å²) in [4.78, 5) is 86.9. The van der Waals surface area contributed by atoms with Crippen molar-refractivity contribution in [3.8, 4) is 23.0 Å². The number of nitrogens with zero attached hydrogens (tertiary/aromatic N) is 4. The number of fused-ring (bicyclic) bond motifs is 6. The molecule has 1 fully saturated rings. The maximum absolute atomic E-state index is 13.6. The number of benzene rings is 3. The van der Waals surface area contributed by atoms with Crippen molar-refractivity contribution in [3.63, 3.8) is 0 Å². The topological polar surface area (TPSA) is 226 Å². The molecular formula is C48H62N6O13. The molecule has 3 aliphatic heterocycles. The van der Waals surface area contributed by atoms with Gasteiger partial charge in [-0.3, -0.25) is 14.5 Å². The van der Waals surface area contributed by atoms with Crippen molar-refractivity contribution in [2.75, 3.05) is 72.0 Å². The lowest BCUT2D eigenvalue weighted by Gasteiger charge is -2.36. The van der Waals surface area contributed by atoms with Crippen LogP contribution in [0.3, 0.4) is 0 Å². The van der Waals surface area contributed by atoms with Gasteiger partial charge in [-0.25, -0.2) is 19.2 Å². The number of amides is 5. The van der Waals surface area contributed by atoms with Crippen molar-refractivity contribution in [3.05, 3.63) is 82.4 Å². The van der Waals surface area contributed by atoms with Crippen LogP contribution in [0, 0.1) is 0 Å². The van der Waals surface area contributed by atoms with Crippen LogP contribution in [-0.2, 0) is 29.3 Å². The summed E-state index contributed by atoms with van der Waals surface area (Å²) in [7, 11) is 0. The summed E-state index contributed by atoms with van der Waals surface area (Å²) in [6.07, 6.45) is -1.78. The molecule has 3 aliphatic rings. The highest BCUT2D eigenvalue weighted by atomic mass is 16.6. The molecule has 3 aromatic carbocycles.